The maximum atomic E-state index is 13.6. The molecule has 0 unspecified atom stereocenters. The normalized spacial score (nSPS) is 14.6. The number of nitrogens with zero attached hydrogens (tertiary/aromatic N) is 5. The number of anilines is 1. The van der Waals surface area contributed by atoms with Gasteiger partial charge in [-0.05, 0) is 53.9 Å². The van der Waals surface area contributed by atoms with Gasteiger partial charge in [0.25, 0.3) is 5.91 Å². The number of aromatic nitrogens is 3. The molecule has 1 aromatic carbocycles. The van der Waals surface area contributed by atoms with E-state index in [4.69, 9.17) is 0 Å². The van der Waals surface area contributed by atoms with Crippen molar-refractivity contribution in [2.75, 3.05) is 37.6 Å². The van der Waals surface area contributed by atoms with Crippen LogP contribution in [0.3, 0.4) is 0 Å². The first-order chi connectivity index (χ1) is 17.2. The summed E-state index contributed by atoms with van der Waals surface area (Å²) < 4.78 is 40.7. The van der Waals surface area contributed by atoms with E-state index >= 15 is 0 Å². The molecule has 0 spiro atoms. The van der Waals surface area contributed by atoms with Crippen LogP contribution in [-0.2, 0) is 12.7 Å². The van der Waals surface area contributed by atoms with E-state index in [1.165, 1.54) is 24.5 Å². The standard InChI is InChI=1S/C25H27F3N6O2/c1-2-5-30-24(36)22-3-4-23(32-31-22)34-8-6-33(7-9-34)16-17-10-18(12-20(11-17)25(26,27)28)19-13-21(35)15-29-14-19/h3-4,10-15,35H,2,5-9,16H2,1H3,(H,30,36). The molecule has 1 saturated heterocycles. The number of carbonyl (C=O) groups excluding carboxylic acids is 1. The van der Waals surface area contributed by atoms with Crippen LogP contribution in [-0.4, -0.2) is 63.8 Å². The van der Waals surface area contributed by atoms with Gasteiger partial charge < -0.3 is 15.3 Å². The largest absolute Gasteiger partial charge is 0.506 e. The van der Waals surface area contributed by atoms with Gasteiger partial charge in [-0.25, -0.2) is 0 Å². The molecule has 1 fully saturated rings. The molecule has 0 saturated carbocycles. The summed E-state index contributed by atoms with van der Waals surface area (Å²) in [5.41, 5.74) is 0.806. The van der Waals surface area contributed by atoms with Crippen molar-refractivity contribution in [1.82, 2.24) is 25.4 Å². The second kappa shape index (κ2) is 10.9. The number of rotatable bonds is 7. The van der Waals surface area contributed by atoms with Gasteiger partial charge in [-0.2, -0.15) is 13.2 Å². The molecule has 36 heavy (non-hydrogen) atoms. The Kier molecular flexibility index (Phi) is 7.68. The van der Waals surface area contributed by atoms with E-state index in [0.717, 1.165) is 12.5 Å². The van der Waals surface area contributed by atoms with Crippen molar-refractivity contribution in [2.24, 2.45) is 0 Å². The Labute approximate surface area is 206 Å². The number of hydrogen-bond acceptors (Lipinski definition) is 7. The smallest absolute Gasteiger partial charge is 0.416 e. The number of alkyl halides is 3. The number of carbonyl (C=O) groups is 1. The fourth-order valence-electron chi connectivity index (χ4n) is 4.04. The number of halogens is 3. The lowest BCUT2D eigenvalue weighted by Gasteiger charge is -2.35. The molecule has 11 heteroatoms. The maximum Gasteiger partial charge on any atom is 0.416 e. The van der Waals surface area contributed by atoms with Crippen molar-refractivity contribution in [2.45, 2.75) is 26.1 Å². The van der Waals surface area contributed by atoms with Crippen LogP contribution in [0.1, 0.15) is 35.0 Å². The third kappa shape index (κ3) is 6.28. The summed E-state index contributed by atoms with van der Waals surface area (Å²) in [7, 11) is 0. The van der Waals surface area contributed by atoms with Gasteiger partial charge in [0.2, 0.25) is 0 Å². The first-order valence-corrected chi connectivity index (χ1v) is 11.7. The fraction of sp³-hybridized carbons (Fsp3) is 0.360. The minimum atomic E-state index is -4.49. The van der Waals surface area contributed by atoms with E-state index < -0.39 is 11.7 Å². The average molecular weight is 501 g/mol. The summed E-state index contributed by atoms with van der Waals surface area (Å²) in [5, 5.41) is 20.7. The zero-order valence-electron chi connectivity index (χ0n) is 19.8. The molecule has 8 nitrogen and oxygen atoms in total. The number of benzene rings is 1. The van der Waals surface area contributed by atoms with Crippen molar-refractivity contribution < 1.29 is 23.1 Å². The minimum absolute atomic E-state index is 0.111. The van der Waals surface area contributed by atoms with Gasteiger partial charge in [0.15, 0.2) is 11.5 Å². The van der Waals surface area contributed by atoms with Crippen molar-refractivity contribution >= 4 is 11.7 Å². The van der Waals surface area contributed by atoms with E-state index in [9.17, 15) is 23.1 Å². The molecule has 0 aliphatic carbocycles. The highest BCUT2D eigenvalue weighted by molar-refractivity contribution is 5.92. The summed E-state index contributed by atoms with van der Waals surface area (Å²) in [4.78, 5) is 20.0. The molecule has 4 rings (SSSR count). The molecule has 0 bridgehead atoms. The predicted octanol–water partition coefficient (Wildman–Crippen LogP) is 3.73. The Hall–Kier alpha value is -3.73. The Balaban J connectivity index is 1.42. The molecular weight excluding hydrogens is 473 g/mol. The Bertz CT molecular complexity index is 1200. The average Bonchev–Trinajstić information content (AvgIpc) is 2.87. The van der Waals surface area contributed by atoms with Crippen LogP contribution in [0.2, 0.25) is 0 Å². The monoisotopic (exact) mass is 500 g/mol. The van der Waals surface area contributed by atoms with Gasteiger partial charge in [-0.15, -0.1) is 10.2 Å². The summed E-state index contributed by atoms with van der Waals surface area (Å²) in [6.07, 6.45) is -1.00. The molecule has 1 aliphatic heterocycles. The predicted molar refractivity (Wildman–Crippen MR) is 128 cm³/mol. The minimum Gasteiger partial charge on any atom is -0.506 e. The summed E-state index contributed by atoms with van der Waals surface area (Å²) in [6.45, 7) is 5.38. The van der Waals surface area contributed by atoms with Crippen molar-refractivity contribution in [3.63, 3.8) is 0 Å². The number of piperazine rings is 1. The lowest BCUT2D eigenvalue weighted by molar-refractivity contribution is -0.137. The van der Waals surface area contributed by atoms with Crippen molar-refractivity contribution in [1.29, 1.82) is 0 Å². The molecule has 2 aromatic heterocycles. The number of aromatic hydroxyl groups is 1. The highest BCUT2D eigenvalue weighted by Crippen LogP contribution is 2.34. The van der Waals surface area contributed by atoms with E-state index in [2.05, 4.69) is 25.4 Å². The summed E-state index contributed by atoms with van der Waals surface area (Å²) in [5.74, 6) is 0.280. The van der Waals surface area contributed by atoms with Gasteiger partial charge in [0.05, 0.1) is 11.8 Å². The molecule has 3 heterocycles. The lowest BCUT2D eigenvalue weighted by Crippen LogP contribution is -2.46. The maximum absolute atomic E-state index is 13.6. The zero-order chi connectivity index (χ0) is 25.7. The molecule has 3 aromatic rings. The van der Waals surface area contributed by atoms with Crippen LogP contribution in [0, 0.1) is 0 Å². The fourth-order valence-corrected chi connectivity index (χ4v) is 4.04. The Morgan fingerprint density at radius 3 is 2.44 bits per heavy atom. The Morgan fingerprint density at radius 1 is 1.03 bits per heavy atom. The van der Waals surface area contributed by atoms with Gasteiger partial charge in [-0.3, -0.25) is 14.7 Å². The molecule has 1 aliphatic rings. The second-order valence-corrected chi connectivity index (χ2v) is 8.64. The van der Waals surface area contributed by atoms with E-state index in [1.807, 2.05) is 11.8 Å². The molecule has 0 radical (unpaired) electrons. The molecule has 2 N–H and O–H groups in total. The van der Waals surface area contributed by atoms with Crippen molar-refractivity contribution in [3.05, 3.63) is 65.6 Å². The topological polar surface area (TPSA) is 94.5 Å². The van der Waals surface area contributed by atoms with Crippen LogP contribution in [0.25, 0.3) is 11.1 Å². The highest BCUT2D eigenvalue weighted by atomic mass is 19.4. The number of nitrogens with one attached hydrogen (secondary N) is 1. The number of pyridine rings is 1. The summed E-state index contributed by atoms with van der Waals surface area (Å²) in [6, 6.07) is 8.73. The van der Waals surface area contributed by atoms with Gasteiger partial charge >= 0.3 is 6.18 Å². The lowest BCUT2D eigenvalue weighted by atomic mass is 10.00. The third-order valence-electron chi connectivity index (χ3n) is 5.90. The number of amides is 1. The van der Waals surface area contributed by atoms with Crippen LogP contribution >= 0.6 is 0 Å². The first-order valence-electron chi connectivity index (χ1n) is 11.7. The second-order valence-electron chi connectivity index (χ2n) is 8.64. The summed E-state index contributed by atoms with van der Waals surface area (Å²) >= 11 is 0. The molecule has 1 amide bonds. The molecular formula is C25H27F3N6O2. The Morgan fingerprint density at radius 2 is 1.81 bits per heavy atom. The quantitative estimate of drug-likeness (QED) is 0.511. The van der Waals surface area contributed by atoms with E-state index in [1.54, 1.807) is 18.2 Å². The number of hydrogen-bond donors (Lipinski definition) is 2. The first kappa shape index (κ1) is 25.4. The molecule has 0 atom stereocenters. The molecule has 190 valence electrons. The van der Waals surface area contributed by atoms with Crippen LogP contribution < -0.4 is 10.2 Å². The highest BCUT2D eigenvalue weighted by Gasteiger charge is 2.31. The SMILES string of the molecule is CCCNC(=O)c1ccc(N2CCN(Cc3cc(-c4cncc(O)c4)cc(C(F)(F)F)c3)CC2)nn1. The van der Waals surface area contributed by atoms with Gasteiger partial charge in [-0.1, -0.05) is 6.92 Å². The van der Waals surface area contributed by atoms with Gasteiger partial charge in [0.1, 0.15) is 5.75 Å². The van der Waals surface area contributed by atoms with Crippen LogP contribution in [0.4, 0.5) is 19.0 Å². The van der Waals surface area contributed by atoms with E-state index in [0.29, 0.717) is 61.8 Å². The zero-order valence-corrected chi connectivity index (χ0v) is 19.8. The van der Waals surface area contributed by atoms with Crippen molar-refractivity contribution in [3.8, 4) is 16.9 Å². The van der Waals surface area contributed by atoms with Gasteiger partial charge in [0, 0.05) is 51.0 Å². The van der Waals surface area contributed by atoms with E-state index in [-0.39, 0.29) is 17.4 Å². The third-order valence-corrected chi connectivity index (χ3v) is 5.90. The van der Waals surface area contributed by atoms with Crippen LogP contribution in [0.15, 0.2) is 48.8 Å². The van der Waals surface area contributed by atoms with Crippen LogP contribution in [0.5, 0.6) is 5.75 Å².